The molecule has 1 heteroatoms. The maximum Gasteiger partial charge on any atom is 0.0187 e. The molecule has 0 saturated heterocycles. The summed E-state index contributed by atoms with van der Waals surface area (Å²) < 4.78 is 0. The highest BCUT2D eigenvalue weighted by Crippen LogP contribution is 2.62. The minimum atomic E-state index is 0.683. The van der Waals surface area contributed by atoms with Gasteiger partial charge in [-0.25, -0.2) is 0 Å². The van der Waals surface area contributed by atoms with Crippen molar-refractivity contribution < 1.29 is 0 Å². The quantitative estimate of drug-likeness (QED) is 0.516. The zero-order valence-electron chi connectivity index (χ0n) is 7.23. The summed E-state index contributed by atoms with van der Waals surface area (Å²) in [7, 11) is 0. The van der Waals surface area contributed by atoms with Gasteiger partial charge >= 0.3 is 0 Å². The Morgan fingerprint density at radius 1 is 0.769 bits per heavy atom. The van der Waals surface area contributed by atoms with Crippen molar-refractivity contribution in [2.24, 2.45) is 35.5 Å². The standard InChI is InChI=1S/C12H11Cl/c13-11-5-10-8-3-4-9(12(10)11)7-2-1-6(7)8/h1-10,12H/t6-,7+,8+,9+,10-,12-/m1/s1. The van der Waals surface area contributed by atoms with Crippen LogP contribution in [-0.4, -0.2) is 0 Å². The molecular weight excluding hydrogens is 180 g/mol. The van der Waals surface area contributed by atoms with E-state index < -0.39 is 0 Å². The Labute approximate surface area is 83.0 Å². The molecule has 0 unspecified atom stereocenters. The van der Waals surface area contributed by atoms with Crippen molar-refractivity contribution in [2.75, 3.05) is 0 Å². The van der Waals surface area contributed by atoms with Crippen molar-refractivity contribution in [3.63, 3.8) is 0 Å². The fraction of sp³-hybridized carbons (Fsp3) is 0.500. The highest BCUT2D eigenvalue weighted by Gasteiger charge is 2.55. The average Bonchev–Trinajstić information content (AvgIpc) is 2.02. The number of hydrogen-bond acceptors (Lipinski definition) is 0. The van der Waals surface area contributed by atoms with Crippen LogP contribution < -0.4 is 0 Å². The van der Waals surface area contributed by atoms with Gasteiger partial charge in [0.25, 0.3) is 0 Å². The summed E-state index contributed by atoms with van der Waals surface area (Å²) in [5, 5.41) is 1.13. The van der Waals surface area contributed by atoms with Gasteiger partial charge in [-0.3, -0.25) is 0 Å². The minimum Gasteiger partial charge on any atom is -0.0891 e. The maximum absolute atomic E-state index is 6.16. The molecule has 5 rings (SSSR count). The van der Waals surface area contributed by atoms with Crippen molar-refractivity contribution >= 4 is 11.6 Å². The molecule has 5 aliphatic carbocycles. The Hall–Kier alpha value is -0.490. The van der Waals surface area contributed by atoms with Gasteiger partial charge in [0.1, 0.15) is 0 Å². The minimum absolute atomic E-state index is 0.683. The highest BCUT2D eigenvalue weighted by atomic mass is 35.5. The van der Waals surface area contributed by atoms with Gasteiger partial charge in [0, 0.05) is 11.0 Å². The first kappa shape index (κ1) is 6.89. The topological polar surface area (TPSA) is 0 Å². The molecule has 0 aromatic carbocycles. The smallest absolute Gasteiger partial charge is 0.0187 e. The van der Waals surface area contributed by atoms with Gasteiger partial charge in [0.05, 0.1) is 0 Å². The van der Waals surface area contributed by atoms with Gasteiger partial charge in [-0.2, -0.15) is 0 Å². The summed E-state index contributed by atoms with van der Waals surface area (Å²) in [6.45, 7) is 0. The van der Waals surface area contributed by atoms with Gasteiger partial charge < -0.3 is 0 Å². The summed E-state index contributed by atoms with van der Waals surface area (Å²) >= 11 is 6.16. The Morgan fingerprint density at radius 3 is 2.00 bits per heavy atom. The van der Waals surface area contributed by atoms with Crippen LogP contribution in [0, 0.1) is 35.5 Å². The molecule has 2 bridgehead atoms. The zero-order chi connectivity index (χ0) is 8.58. The van der Waals surface area contributed by atoms with Crippen molar-refractivity contribution in [3.05, 3.63) is 35.4 Å². The van der Waals surface area contributed by atoms with Crippen LogP contribution in [0.3, 0.4) is 0 Å². The van der Waals surface area contributed by atoms with E-state index in [0.29, 0.717) is 5.92 Å². The molecule has 0 radical (unpaired) electrons. The van der Waals surface area contributed by atoms with E-state index in [2.05, 4.69) is 30.4 Å². The summed E-state index contributed by atoms with van der Waals surface area (Å²) in [4.78, 5) is 0. The molecular formula is C12H11Cl. The van der Waals surface area contributed by atoms with E-state index in [9.17, 15) is 0 Å². The van der Waals surface area contributed by atoms with Crippen molar-refractivity contribution in [1.29, 1.82) is 0 Å². The third-order valence-electron chi connectivity index (χ3n) is 4.39. The van der Waals surface area contributed by atoms with Gasteiger partial charge in [0.2, 0.25) is 0 Å². The van der Waals surface area contributed by atoms with Crippen molar-refractivity contribution in [1.82, 2.24) is 0 Å². The molecule has 0 nitrogen and oxygen atoms in total. The molecule has 5 aliphatic rings. The summed E-state index contributed by atoms with van der Waals surface area (Å²) in [5.74, 6) is 4.61. The van der Waals surface area contributed by atoms with Crippen molar-refractivity contribution in [3.8, 4) is 0 Å². The lowest BCUT2D eigenvalue weighted by Gasteiger charge is -2.58. The average molecular weight is 191 g/mol. The second kappa shape index (κ2) is 1.95. The van der Waals surface area contributed by atoms with E-state index in [0.717, 1.165) is 34.6 Å². The van der Waals surface area contributed by atoms with E-state index in [1.807, 2.05) is 0 Å². The molecule has 0 heterocycles. The number of rotatable bonds is 0. The first-order valence-electron chi connectivity index (χ1n) is 5.10. The Morgan fingerprint density at radius 2 is 1.31 bits per heavy atom. The third-order valence-corrected chi connectivity index (χ3v) is 4.77. The fourth-order valence-electron chi connectivity index (χ4n) is 3.65. The summed E-state index contributed by atoms with van der Waals surface area (Å²) in [6, 6.07) is 0. The van der Waals surface area contributed by atoms with Crippen LogP contribution in [0.4, 0.5) is 0 Å². The van der Waals surface area contributed by atoms with Gasteiger partial charge in [-0.1, -0.05) is 42.0 Å². The Balaban J connectivity index is 1.86. The van der Waals surface area contributed by atoms with Gasteiger partial charge in [-0.15, -0.1) is 0 Å². The first-order valence-corrected chi connectivity index (χ1v) is 5.48. The molecule has 0 amide bonds. The third kappa shape index (κ3) is 0.604. The summed E-state index contributed by atoms with van der Waals surface area (Å²) in [5.41, 5.74) is 0. The summed E-state index contributed by atoms with van der Waals surface area (Å²) in [6.07, 6.45) is 11.9. The fourth-order valence-corrected chi connectivity index (χ4v) is 4.09. The first-order chi connectivity index (χ1) is 6.36. The monoisotopic (exact) mass is 190 g/mol. The van der Waals surface area contributed by atoms with Crippen LogP contribution in [0.1, 0.15) is 0 Å². The van der Waals surface area contributed by atoms with E-state index in [4.69, 9.17) is 11.6 Å². The predicted octanol–water partition coefficient (Wildman–Crippen LogP) is 2.97. The highest BCUT2D eigenvalue weighted by molar-refractivity contribution is 6.30. The number of halogens is 1. The SMILES string of the molecule is ClC1=C[C@@H]2[C@H]3C=C[C@@H]([C@H]4C=C[C@@H]34)[C@@H]12. The maximum atomic E-state index is 6.16. The molecule has 1 saturated carbocycles. The van der Waals surface area contributed by atoms with E-state index in [1.54, 1.807) is 0 Å². The normalized spacial score (nSPS) is 59.0. The van der Waals surface area contributed by atoms with E-state index in [1.165, 1.54) is 0 Å². The Kier molecular flexibility index (Phi) is 1.04. The Bertz CT molecular complexity index is 363. The molecule has 6 atom stereocenters. The number of hydrogen-bond donors (Lipinski definition) is 0. The van der Waals surface area contributed by atoms with E-state index >= 15 is 0 Å². The lowest BCUT2D eigenvalue weighted by Crippen LogP contribution is -2.52. The molecule has 0 N–H and O–H groups in total. The van der Waals surface area contributed by atoms with Gasteiger partial charge in [-0.05, 0) is 29.6 Å². The largest absolute Gasteiger partial charge is 0.0891 e. The molecule has 0 spiro atoms. The van der Waals surface area contributed by atoms with Gasteiger partial charge in [0.15, 0.2) is 0 Å². The predicted molar refractivity (Wildman–Crippen MR) is 53.2 cm³/mol. The lowest BCUT2D eigenvalue weighted by molar-refractivity contribution is 0.0657. The van der Waals surface area contributed by atoms with Crippen LogP contribution in [0.15, 0.2) is 35.4 Å². The second-order valence-corrected chi connectivity index (χ2v) is 5.17. The van der Waals surface area contributed by atoms with Crippen molar-refractivity contribution in [2.45, 2.75) is 0 Å². The molecule has 0 aromatic rings. The van der Waals surface area contributed by atoms with E-state index in [-0.39, 0.29) is 0 Å². The van der Waals surface area contributed by atoms with Crippen LogP contribution in [0.5, 0.6) is 0 Å². The van der Waals surface area contributed by atoms with Crippen LogP contribution in [-0.2, 0) is 0 Å². The molecule has 13 heavy (non-hydrogen) atoms. The van der Waals surface area contributed by atoms with Crippen LogP contribution >= 0.6 is 11.6 Å². The second-order valence-electron chi connectivity index (χ2n) is 4.73. The van der Waals surface area contributed by atoms with Crippen LogP contribution in [0.25, 0.3) is 0 Å². The lowest BCUT2D eigenvalue weighted by atomic mass is 9.47. The van der Waals surface area contributed by atoms with Crippen LogP contribution in [0.2, 0.25) is 0 Å². The number of allylic oxidation sites excluding steroid dienone is 6. The zero-order valence-corrected chi connectivity index (χ0v) is 7.98. The molecule has 0 aromatic heterocycles. The molecule has 66 valence electrons. The molecule has 1 fully saturated rings. The molecule has 0 aliphatic heterocycles.